The van der Waals surface area contributed by atoms with E-state index in [4.69, 9.17) is 9.57 Å². The third kappa shape index (κ3) is 1.27. The minimum Gasteiger partial charge on any atom is -0.356 e. The molecule has 16 heavy (non-hydrogen) atoms. The lowest BCUT2D eigenvalue weighted by molar-refractivity contribution is 0.0168. The van der Waals surface area contributed by atoms with Crippen LogP contribution in [0.5, 0.6) is 0 Å². The molecule has 2 aliphatic heterocycles. The van der Waals surface area contributed by atoms with Gasteiger partial charge in [-0.3, -0.25) is 9.63 Å². The maximum absolute atomic E-state index is 12.0. The summed E-state index contributed by atoms with van der Waals surface area (Å²) in [6.07, 6.45) is 0.107. The maximum atomic E-state index is 12.0. The van der Waals surface area contributed by atoms with Crippen LogP contribution in [0.3, 0.4) is 0 Å². The van der Waals surface area contributed by atoms with E-state index >= 15 is 0 Å². The van der Waals surface area contributed by atoms with Gasteiger partial charge in [0.15, 0.2) is 18.1 Å². The third-order valence-corrected chi connectivity index (χ3v) is 2.98. The molecule has 2 heterocycles. The molecular weight excluding hydrogens is 206 g/mol. The van der Waals surface area contributed by atoms with E-state index in [9.17, 15) is 4.79 Å². The second-order valence-electron chi connectivity index (χ2n) is 3.95. The molecule has 4 nitrogen and oxygen atoms in total. The van der Waals surface area contributed by atoms with Gasteiger partial charge in [0.2, 0.25) is 0 Å². The molecule has 1 saturated heterocycles. The number of carbonyl (C=O) groups excluding carboxylic acids is 1. The van der Waals surface area contributed by atoms with E-state index in [1.807, 2.05) is 31.2 Å². The number of rotatable bonds is 2. The summed E-state index contributed by atoms with van der Waals surface area (Å²) >= 11 is 0. The number of hydrogen-bond acceptors (Lipinski definition) is 4. The van der Waals surface area contributed by atoms with E-state index in [-0.39, 0.29) is 18.1 Å². The second-order valence-corrected chi connectivity index (χ2v) is 3.95. The molecule has 1 fully saturated rings. The van der Waals surface area contributed by atoms with Gasteiger partial charge in [-0.15, -0.1) is 0 Å². The van der Waals surface area contributed by atoms with Gasteiger partial charge in [0, 0.05) is 18.6 Å². The van der Waals surface area contributed by atoms with E-state index in [0.29, 0.717) is 13.0 Å². The van der Waals surface area contributed by atoms with Gasteiger partial charge in [0.1, 0.15) is 0 Å². The van der Waals surface area contributed by atoms with Crippen molar-refractivity contribution >= 4 is 11.5 Å². The minimum atomic E-state index is -0.369. The Balaban J connectivity index is 2.03. The molecule has 3 rings (SSSR count). The summed E-state index contributed by atoms with van der Waals surface area (Å²) in [6, 6.07) is 7.50. The monoisotopic (exact) mass is 219 g/mol. The molecule has 1 aromatic carbocycles. The molecule has 2 atom stereocenters. The SMILES string of the molecule is CCO[C@@H]1C[C@H]2ON1c1ccccc1C2=O. The Morgan fingerprint density at radius 3 is 3.12 bits per heavy atom. The van der Waals surface area contributed by atoms with Crippen molar-refractivity contribution in [1.82, 2.24) is 0 Å². The predicted molar refractivity (Wildman–Crippen MR) is 58.2 cm³/mol. The molecule has 0 aromatic heterocycles. The van der Waals surface area contributed by atoms with Crippen LogP contribution < -0.4 is 5.06 Å². The minimum absolute atomic E-state index is 0.0639. The van der Waals surface area contributed by atoms with Gasteiger partial charge in [0.25, 0.3) is 0 Å². The fourth-order valence-corrected chi connectivity index (χ4v) is 2.27. The molecule has 84 valence electrons. The van der Waals surface area contributed by atoms with Crippen LogP contribution in [0.15, 0.2) is 24.3 Å². The highest BCUT2D eigenvalue weighted by atomic mass is 16.7. The number of ketones is 1. The lowest BCUT2D eigenvalue weighted by Crippen LogP contribution is -2.35. The third-order valence-electron chi connectivity index (χ3n) is 2.98. The Kier molecular flexibility index (Phi) is 2.19. The molecular formula is C12H13NO3. The molecule has 0 radical (unpaired) electrons. The van der Waals surface area contributed by atoms with Gasteiger partial charge in [-0.1, -0.05) is 12.1 Å². The average Bonchev–Trinajstić information content (AvgIpc) is 2.68. The molecule has 0 unspecified atom stereocenters. The number of hydrogen-bond donors (Lipinski definition) is 0. The van der Waals surface area contributed by atoms with Gasteiger partial charge in [0.05, 0.1) is 5.69 Å². The number of ether oxygens (including phenoxy) is 1. The van der Waals surface area contributed by atoms with Crippen LogP contribution in [-0.2, 0) is 9.57 Å². The Bertz CT molecular complexity index is 432. The van der Waals surface area contributed by atoms with Crippen LogP contribution in [0.4, 0.5) is 5.69 Å². The average molecular weight is 219 g/mol. The number of hydroxylamine groups is 1. The lowest BCUT2D eigenvalue weighted by atomic mass is 10.0. The quantitative estimate of drug-likeness (QED) is 0.759. The molecule has 0 amide bonds. The van der Waals surface area contributed by atoms with E-state index < -0.39 is 0 Å². The summed E-state index contributed by atoms with van der Waals surface area (Å²) in [7, 11) is 0. The first kappa shape index (κ1) is 9.81. The summed E-state index contributed by atoms with van der Waals surface area (Å²) in [6.45, 7) is 2.56. The molecule has 0 N–H and O–H groups in total. The molecule has 2 bridgehead atoms. The number of benzene rings is 1. The summed E-state index contributed by atoms with van der Waals surface area (Å²) in [4.78, 5) is 17.6. The van der Waals surface area contributed by atoms with Gasteiger partial charge >= 0.3 is 0 Å². The number of carbonyl (C=O) groups is 1. The molecule has 1 aromatic rings. The van der Waals surface area contributed by atoms with Crippen molar-refractivity contribution in [3.8, 4) is 0 Å². The van der Waals surface area contributed by atoms with Crippen molar-refractivity contribution < 1.29 is 14.4 Å². The summed E-state index contributed by atoms with van der Waals surface area (Å²) in [5.41, 5.74) is 1.56. The van der Waals surface area contributed by atoms with Crippen molar-refractivity contribution in [3.63, 3.8) is 0 Å². The highest BCUT2D eigenvalue weighted by Crippen LogP contribution is 2.38. The van der Waals surface area contributed by atoms with Crippen molar-refractivity contribution in [2.75, 3.05) is 11.7 Å². The van der Waals surface area contributed by atoms with Crippen LogP contribution in [-0.4, -0.2) is 24.7 Å². The summed E-state index contributed by atoms with van der Waals surface area (Å²) in [5, 5.41) is 1.73. The van der Waals surface area contributed by atoms with E-state index in [2.05, 4.69) is 0 Å². The van der Waals surface area contributed by atoms with Gasteiger partial charge < -0.3 is 4.74 Å². The molecule has 0 spiro atoms. The number of nitrogens with zero attached hydrogens (tertiary/aromatic N) is 1. The standard InChI is InChI=1S/C12H13NO3/c1-2-15-11-7-10-12(14)8-5-3-4-6-9(8)13(11)16-10/h3-6,10-11H,2,7H2,1H3/t10-,11-/m1/s1. The van der Waals surface area contributed by atoms with Gasteiger partial charge in [-0.25, -0.2) is 5.06 Å². The van der Waals surface area contributed by atoms with E-state index in [1.54, 1.807) is 5.06 Å². The fraction of sp³-hybridized carbons (Fsp3) is 0.417. The van der Waals surface area contributed by atoms with E-state index in [0.717, 1.165) is 11.3 Å². The first-order valence-corrected chi connectivity index (χ1v) is 5.52. The van der Waals surface area contributed by atoms with Gasteiger partial charge in [-0.05, 0) is 19.1 Å². The predicted octanol–water partition coefficient (Wildman–Crippen LogP) is 1.76. The molecule has 4 heteroatoms. The van der Waals surface area contributed by atoms with E-state index in [1.165, 1.54) is 0 Å². The van der Waals surface area contributed by atoms with Crippen LogP contribution >= 0.6 is 0 Å². The van der Waals surface area contributed by atoms with Crippen molar-refractivity contribution in [2.24, 2.45) is 0 Å². The largest absolute Gasteiger partial charge is 0.356 e. The topological polar surface area (TPSA) is 38.8 Å². The first-order chi connectivity index (χ1) is 7.81. The highest BCUT2D eigenvalue weighted by Gasteiger charge is 2.44. The first-order valence-electron chi connectivity index (χ1n) is 5.52. The Labute approximate surface area is 93.7 Å². The normalized spacial score (nSPS) is 27.1. The Hall–Kier alpha value is -1.39. The van der Waals surface area contributed by atoms with Crippen LogP contribution in [0, 0.1) is 0 Å². The fourth-order valence-electron chi connectivity index (χ4n) is 2.27. The van der Waals surface area contributed by atoms with Crippen molar-refractivity contribution in [2.45, 2.75) is 25.7 Å². The van der Waals surface area contributed by atoms with Gasteiger partial charge in [-0.2, -0.15) is 0 Å². The Morgan fingerprint density at radius 1 is 1.50 bits per heavy atom. The second kappa shape index (κ2) is 3.57. The zero-order chi connectivity index (χ0) is 11.1. The Morgan fingerprint density at radius 2 is 2.31 bits per heavy atom. The number of Topliss-reactive ketones (excluding diaryl/α,β-unsaturated/α-hetero) is 1. The molecule has 2 aliphatic rings. The molecule has 0 saturated carbocycles. The zero-order valence-electron chi connectivity index (χ0n) is 9.05. The van der Waals surface area contributed by atoms with Crippen molar-refractivity contribution in [1.29, 1.82) is 0 Å². The van der Waals surface area contributed by atoms with Crippen LogP contribution in [0.25, 0.3) is 0 Å². The number of para-hydroxylation sites is 1. The number of fused-ring (bicyclic) bond motifs is 4. The number of anilines is 1. The summed E-state index contributed by atoms with van der Waals surface area (Å²) < 4.78 is 5.57. The highest BCUT2D eigenvalue weighted by molar-refractivity contribution is 6.06. The van der Waals surface area contributed by atoms with Crippen LogP contribution in [0.2, 0.25) is 0 Å². The lowest BCUT2D eigenvalue weighted by Gasteiger charge is -2.28. The molecule has 0 aliphatic carbocycles. The smallest absolute Gasteiger partial charge is 0.196 e. The summed E-state index contributed by atoms with van der Waals surface area (Å²) in [5.74, 6) is 0.0639. The zero-order valence-corrected chi connectivity index (χ0v) is 9.05. The van der Waals surface area contributed by atoms with Crippen LogP contribution in [0.1, 0.15) is 23.7 Å². The van der Waals surface area contributed by atoms with Crippen molar-refractivity contribution in [3.05, 3.63) is 29.8 Å². The maximum Gasteiger partial charge on any atom is 0.196 e.